The minimum absolute atomic E-state index is 0.0596. The van der Waals surface area contributed by atoms with Crippen LogP contribution in [0.5, 0.6) is 0 Å². The molecular weight excluding hydrogens is 316 g/mol. The lowest BCUT2D eigenvalue weighted by Gasteiger charge is -2.11. The number of nitro groups is 1. The lowest BCUT2D eigenvalue weighted by atomic mass is 10.1. The third kappa shape index (κ3) is 4.53. The van der Waals surface area contributed by atoms with Gasteiger partial charge in [-0.1, -0.05) is 29.8 Å². The van der Waals surface area contributed by atoms with Crippen molar-refractivity contribution in [2.75, 3.05) is 18.1 Å². The van der Waals surface area contributed by atoms with Crippen LogP contribution >= 0.6 is 0 Å². The average Bonchev–Trinajstić information content (AvgIpc) is 2.48. The van der Waals surface area contributed by atoms with Crippen LogP contribution < -0.4 is 5.32 Å². The van der Waals surface area contributed by atoms with Crippen LogP contribution in [0.4, 0.5) is 11.4 Å². The highest BCUT2D eigenvalue weighted by Crippen LogP contribution is 2.26. The summed E-state index contributed by atoms with van der Waals surface area (Å²) >= 11 is 0. The zero-order valence-electron chi connectivity index (χ0n) is 12.9. The van der Waals surface area contributed by atoms with Crippen molar-refractivity contribution < 1.29 is 13.3 Å². The molecule has 7 heteroatoms. The molecule has 0 aliphatic carbocycles. The summed E-state index contributed by atoms with van der Waals surface area (Å²) < 4.78 is 23.7. The number of benzene rings is 2. The maximum atomic E-state index is 11.8. The first kappa shape index (κ1) is 17.0. The van der Waals surface area contributed by atoms with Gasteiger partial charge in [0, 0.05) is 24.9 Å². The Morgan fingerprint density at radius 2 is 1.78 bits per heavy atom. The maximum absolute atomic E-state index is 11.8. The van der Waals surface area contributed by atoms with Gasteiger partial charge >= 0.3 is 0 Å². The van der Waals surface area contributed by atoms with Crippen molar-refractivity contribution in [3.8, 4) is 0 Å². The van der Waals surface area contributed by atoms with E-state index in [0.29, 0.717) is 12.2 Å². The topological polar surface area (TPSA) is 89.3 Å². The van der Waals surface area contributed by atoms with Gasteiger partial charge in [-0.15, -0.1) is 0 Å². The van der Waals surface area contributed by atoms with Crippen molar-refractivity contribution in [2.24, 2.45) is 0 Å². The zero-order chi connectivity index (χ0) is 17.0. The van der Waals surface area contributed by atoms with E-state index in [4.69, 9.17) is 0 Å². The van der Waals surface area contributed by atoms with Crippen LogP contribution in [-0.2, 0) is 16.3 Å². The van der Waals surface area contributed by atoms with E-state index in [2.05, 4.69) is 5.32 Å². The normalized spacial score (nSPS) is 11.2. The first-order valence-electron chi connectivity index (χ1n) is 7.05. The molecular formula is C16H18N2O4S. The van der Waals surface area contributed by atoms with Gasteiger partial charge in [0.25, 0.3) is 5.69 Å². The summed E-state index contributed by atoms with van der Waals surface area (Å²) in [5.41, 5.74) is 2.45. The van der Waals surface area contributed by atoms with E-state index in [0.717, 1.165) is 24.3 Å². The summed E-state index contributed by atoms with van der Waals surface area (Å²) in [6, 6.07) is 11.9. The average molecular weight is 334 g/mol. The fourth-order valence-corrected chi connectivity index (χ4v) is 3.05. The van der Waals surface area contributed by atoms with Gasteiger partial charge in [0.1, 0.15) is 0 Å². The van der Waals surface area contributed by atoms with Gasteiger partial charge in [-0.3, -0.25) is 10.1 Å². The summed E-state index contributed by atoms with van der Waals surface area (Å²) in [6.45, 7) is 2.54. The number of nitrogens with one attached hydrogen (secondary N) is 1. The zero-order valence-corrected chi connectivity index (χ0v) is 13.8. The molecule has 0 saturated carbocycles. The summed E-state index contributed by atoms with van der Waals surface area (Å²) in [5, 5.41) is 13.9. The SMILES string of the molecule is Cc1ccc(CCNc2ccc([N+](=O)[O-])cc2S(C)(=O)=O)cc1. The molecule has 2 aromatic carbocycles. The molecule has 2 aromatic rings. The summed E-state index contributed by atoms with van der Waals surface area (Å²) in [4.78, 5) is 10.1. The monoisotopic (exact) mass is 334 g/mol. The van der Waals surface area contributed by atoms with Crippen LogP contribution in [-0.4, -0.2) is 26.1 Å². The first-order chi connectivity index (χ1) is 10.8. The van der Waals surface area contributed by atoms with Crippen molar-refractivity contribution in [1.29, 1.82) is 0 Å². The van der Waals surface area contributed by atoms with E-state index >= 15 is 0 Å². The molecule has 0 aliphatic heterocycles. The molecule has 0 fully saturated rings. The van der Waals surface area contributed by atoms with Gasteiger partial charge in [0.2, 0.25) is 0 Å². The Hall–Kier alpha value is -2.41. The molecule has 23 heavy (non-hydrogen) atoms. The highest BCUT2D eigenvalue weighted by Gasteiger charge is 2.18. The number of nitro benzene ring substituents is 1. The molecule has 6 nitrogen and oxygen atoms in total. The highest BCUT2D eigenvalue weighted by molar-refractivity contribution is 7.90. The van der Waals surface area contributed by atoms with Crippen LogP contribution in [0.1, 0.15) is 11.1 Å². The molecule has 2 rings (SSSR count). The number of sulfone groups is 1. The number of nitrogens with zero attached hydrogens (tertiary/aromatic N) is 1. The van der Waals surface area contributed by atoms with Gasteiger partial charge in [-0.2, -0.15) is 0 Å². The Labute approximate surface area is 135 Å². The second-order valence-electron chi connectivity index (χ2n) is 5.37. The molecule has 0 unspecified atom stereocenters. The van der Waals surface area contributed by atoms with Crippen LogP contribution in [0, 0.1) is 17.0 Å². The number of aryl methyl sites for hydroxylation is 1. The second kappa shape index (κ2) is 6.78. The Kier molecular flexibility index (Phi) is 5.00. The summed E-state index contributed by atoms with van der Waals surface area (Å²) in [7, 11) is -3.56. The second-order valence-corrected chi connectivity index (χ2v) is 7.36. The number of anilines is 1. The Morgan fingerprint density at radius 3 is 2.35 bits per heavy atom. The van der Waals surface area contributed by atoms with Crippen LogP contribution in [0.2, 0.25) is 0 Å². The third-order valence-corrected chi connectivity index (χ3v) is 4.56. The van der Waals surface area contributed by atoms with E-state index in [1.54, 1.807) is 0 Å². The molecule has 0 aliphatic rings. The number of non-ortho nitro benzene ring substituents is 1. The maximum Gasteiger partial charge on any atom is 0.270 e. The Balaban J connectivity index is 2.16. The van der Waals surface area contributed by atoms with Crippen molar-refractivity contribution in [3.05, 3.63) is 63.7 Å². The molecule has 0 radical (unpaired) electrons. The molecule has 0 spiro atoms. The molecule has 122 valence electrons. The first-order valence-corrected chi connectivity index (χ1v) is 8.94. The van der Waals surface area contributed by atoms with Crippen molar-refractivity contribution in [3.63, 3.8) is 0 Å². The van der Waals surface area contributed by atoms with E-state index in [9.17, 15) is 18.5 Å². The Morgan fingerprint density at radius 1 is 1.13 bits per heavy atom. The molecule has 1 N–H and O–H groups in total. The smallest absolute Gasteiger partial charge is 0.270 e. The minimum atomic E-state index is -3.56. The van der Waals surface area contributed by atoms with Crippen LogP contribution in [0.15, 0.2) is 47.4 Å². The van der Waals surface area contributed by atoms with Gasteiger partial charge < -0.3 is 5.32 Å². The standard InChI is InChI=1S/C16H18N2O4S/c1-12-3-5-13(6-4-12)9-10-17-15-8-7-14(18(19)20)11-16(15)23(2,21)22/h3-8,11,17H,9-10H2,1-2H3. The van der Waals surface area contributed by atoms with Crippen LogP contribution in [0.3, 0.4) is 0 Å². The predicted octanol–water partition coefficient (Wildman–Crippen LogP) is 2.96. The van der Waals surface area contributed by atoms with E-state index in [1.165, 1.54) is 17.7 Å². The number of rotatable bonds is 6. The van der Waals surface area contributed by atoms with E-state index < -0.39 is 14.8 Å². The molecule has 0 saturated heterocycles. The Bertz CT molecular complexity index is 814. The lowest BCUT2D eigenvalue weighted by molar-refractivity contribution is -0.385. The number of hydrogen-bond donors (Lipinski definition) is 1. The molecule has 0 aromatic heterocycles. The fraction of sp³-hybridized carbons (Fsp3) is 0.250. The minimum Gasteiger partial charge on any atom is -0.384 e. The van der Waals surface area contributed by atoms with Crippen molar-refractivity contribution in [2.45, 2.75) is 18.2 Å². The number of hydrogen-bond acceptors (Lipinski definition) is 5. The molecule has 0 amide bonds. The quantitative estimate of drug-likeness (QED) is 0.648. The largest absolute Gasteiger partial charge is 0.384 e. The summed E-state index contributed by atoms with van der Waals surface area (Å²) in [6.07, 6.45) is 1.76. The molecule has 0 bridgehead atoms. The van der Waals surface area contributed by atoms with E-state index in [-0.39, 0.29) is 10.6 Å². The predicted molar refractivity (Wildman–Crippen MR) is 89.6 cm³/mol. The fourth-order valence-electron chi connectivity index (χ4n) is 2.17. The van der Waals surface area contributed by atoms with Gasteiger partial charge in [-0.25, -0.2) is 8.42 Å². The van der Waals surface area contributed by atoms with Gasteiger partial charge in [0.05, 0.1) is 15.5 Å². The van der Waals surface area contributed by atoms with Crippen molar-refractivity contribution in [1.82, 2.24) is 0 Å². The lowest BCUT2D eigenvalue weighted by Crippen LogP contribution is -2.09. The van der Waals surface area contributed by atoms with Gasteiger partial charge in [0.15, 0.2) is 9.84 Å². The highest BCUT2D eigenvalue weighted by atomic mass is 32.2. The van der Waals surface area contributed by atoms with E-state index in [1.807, 2.05) is 31.2 Å². The third-order valence-electron chi connectivity index (χ3n) is 3.43. The molecule has 0 heterocycles. The van der Waals surface area contributed by atoms with Crippen LogP contribution in [0.25, 0.3) is 0 Å². The van der Waals surface area contributed by atoms with Gasteiger partial charge in [-0.05, 0) is 25.0 Å². The summed E-state index contributed by atoms with van der Waals surface area (Å²) in [5.74, 6) is 0. The molecule has 0 atom stereocenters. The van der Waals surface area contributed by atoms with Crippen molar-refractivity contribution >= 4 is 21.2 Å².